The molecule has 0 aromatic rings. The Morgan fingerprint density at radius 2 is 1.56 bits per heavy atom. The van der Waals surface area contributed by atoms with Gasteiger partial charge in [-0.05, 0) is 78.2 Å². The lowest BCUT2D eigenvalue weighted by atomic mass is 9.47. The van der Waals surface area contributed by atoms with Crippen molar-refractivity contribution in [1.82, 2.24) is 0 Å². The molecule has 6 heteroatoms. The van der Waals surface area contributed by atoms with Crippen LogP contribution in [0.15, 0.2) is 35.5 Å². The Morgan fingerprint density at radius 1 is 1.03 bits per heavy atom. The van der Waals surface area contributed by atoms with E-state index in [1.54, 1.807) is 33.8 Å². The van der Waals surface area contributed by atoms with E-state index in [2.05, 4.69) is 0 Å². The van der Waals surface area contributed by atoms with E-state index in [4.69, 9.17) is 0 Å². The van der Waals surface area contributed by atoms with Gasteiger partial charge in [0.25, 0.3) is 0 Å². The van der Waals surface area contributed by atoms with Crippen LogP contribution in [0.2, 0.25) is 0 Å². The summed E-state index contributed by atoms with van der Waals surface area (Å²) < 4.78 is 0. The quantitative estimate of drug-likeness (QED) is 0.269. The topological polar surface area (TPSA) is 109 Å². The van der Waals surface area contributed by atoms with Crippen molar-refractivity contribution in [2.24, 2.45) is 28.1 Å². The summed E-state index contributed by atoms with van der Waals surface area (Å²) >= 11 is 0. The van der Waals surface area contributed by atoms with Gasteiger partial charge in [-0.3, -0.25) is 19.2 Å². The fourth-order valence-corrected chi connectivity index (χ4v) is 6.10. The highest BCUT2D eigenvalue weighted by molar-refractivity contribution is 6.40. The zero-order valence-electron chi connectivity index (χ0n) is 23.6. The van der Waals surface area contributed by atoms with E-state index in [0.29, 0.717) is 6.42 Å². The monoisotopic (exact) mass is 500 g/mol. The molecule has 200 valence electrons. The van der Waals surface area contributed by atoms with Crippen LogP contribution in [-0.2, 0) is 19.2 Å². The first-order chi connectivity index (χ1) is 16.2. The molecule has 2 aliphatic carbocycles. The van der Waals surface area contributed by atoms with Crippen molar-refractivity contribution in [2.75, 3.05) is 0 Å². The number of allylic oxidation sites excluding steroid dienone is 4. The van der Waals surface area contributed by atoms with Crippen molar-refractivity contribution >= 4 is 23.1 Å². The van der Waals surface area contributed by atoms with Crippen LogP contribution in [0.3, 0.4) is 0 Å². The number of hydrogen-bond donors (Lipinski definition) is 2. The Hall–Kier alpha value is -2.18. The zero-order chi connectivity index (χ0) is 28.1. The van der Waals surface area contributed by atoms with Crippen molar-refractivity contribution in [3.63, 3.8) is 0 Å². The molecule has 0 amide bonds. The van der Waals surface area contributed by atoms with Crippen molar-refractivity contribution in [3.05, 3.63) is 35.5 Å². The predicted molar refractivity (Wildman–Crippen MR) is 140 cm³/mol. The van der Waals surface area contributed by atoms with Gasteiger partial charge in [0.2, 0.25) is 0 Å². The Morgan fingerprint density at radius 3 is 2.00 bits per heavy atom. The van der Waals surface area contributed by atoms with Gasteiger partial charge in [0.1, 0.15) is 0 Å². The fourth-order valence-electron chi connectivity index (χ4n) is 6.10. The Labute approximate surface area is 215 Å². The maximum Gasteiger partial charge on any atom is 0.199 e. The van der Waals surface area contributed by atoms with Crippen LogP contribution in [0, 0.1) is 28.1 Å². The lowest BCUT2D eigenvalue weighted by Gasteiger charge is -2.52. The molecule has 4 atom stereocenters. The molecule has 0 heterocycles. The highest BCUT2D eigenvalue weighted by Gasteiger charge is 2.85. The van der Waals surface area contributed by atoms with E-state index in [1.807, 2.05) is 33.8 Å². The van der Waals surface area contributed by atoms with Crippen LogP contribution >= 0.6 is 0 Å². The molecule has 6 nitrogen and oxygen atoms in total. The number of aliphatic hydroxyl groups is 2. The van der Waals surface area contributed by atoms with Gasteiger partial charge in [-0.25, -0.2) is 0 Å². The molecule has 2 bridgehead atoms. The van der Waals surface area contributed by atoms with Gasteiger partial charge >= 0.3 is 0 Å². The van der Waals surface area contributed by atoms with E-state index in [-0.39, 0.29) is 18.8 Å². The minimum Gasteiger partial charge on any atom is -0.386 e. The second kappa shape index (κ2) is 9.60. The molecule has 2 fully saturated rings. The molecule has 0 unspecified atom stereocenters. The van der Waals surface area contributed by atoms with Gasteiger partial charge < -0.3 is 10.2 Å². The van der Waals surface area contributed by atoms with Crippen molar-refractivity contribution in [2.45, 2.75) is 99.7 Å². The second-order valence-electron chi connectivity index (χ2n) is 12.7. The Balaban J connectivity index is 3.01. The summed E-state index contributed by atoms with van der Waals surface area (Å²) in [7, 11) is 0. The summed E-state index contributed by atoms with van der Waals surface area (Å²) in [6.07, 6.45) is 6.52. The third-order valence-electron chi connectivity index (χ3n) is 8.28. The van der Waals surface area contributed by atoms with Crippen LogP contribution < -0.4 is 0 Å². The molecule has 0 spiro atoms. The van der Waals surface area contributed by atoms with Gasteiger partial charge in [0.15, 0.2) is 34.1 Å². The second-order valence-corrected chi connectivity index (χ2v) is 12.7. The molecule has 2 aliphatic rings. The first-order valence-corrected chi connectivity index (χ1v) is 12.8. The summed E-state index contributed by atoms with van der Waals surface area (Å²) in [6, 6.07) is 0. The van der Waals surface area contributed by atoms with Crippen LogP contribution in [0.4, 0.5) is 0 Å². The summed E-state index contributed by atoms with van der Waals surface area (Å²) in [5.74, 6) is -4.17. The smallest absolute Gasteiger partial charge is 0.199 e. The molecule has 0 aromatic heterocycles. The molecular formula is C30H44O6. The zero-order valence-corrected chi connectivity index (χ0v) is 23.6. The van der Waals surface area contributed by atoms with E-state index >= 15 is 0 Å². The maximum absolute atomic E-state index is 14.5. The largest absolute Gasteiger partial charge is 0.386 e. The van der Waals surface area contributed by atoms with Crippen molar-refractivity contribution in [1.29, 1.82) is 0 Å². The van der Waals surface area contributed by atoms with Gasteiger partial charge in [-0.1, -0.05) is 57.1 Å². The number of carbonyl (C=O) groups excluding carboxylic acids is 4. The van der Waals surface area contributed by atoms with Crippen molar-refractivity contribution < 1.29 is 29.4 Å². The van der Waals surface area contributed by atoms with E-state index in [1.165, 1.54) is 19.9 Å². The number of rotatable bonds is 9. The van der Waals surface area contributed by atoms with E-state index in [0.717, 1.165) is 17.2 Å². The SMILES string of the molecule is CC(C)=CC[C@@H]1C[C@@]2(CC=C(C)C)C(=O)[C@@](C(=O)C(C)C)(C(=O)[C@@]2(O)C(=O)/C=C\C(C)(C)O)C1(C)C. The normalized spacial score (nSPS) is 31.6. The van der Waals surface area contributed by atoms with E-state index < -0.39 is 56.5 Å². The minimum absolute atomic E-state index is 0.0347. The molecule has 0 radical (unpaired) electrons. The van der Waals surface area contributed by atoms with Gasteiger partial charge in [0, 0.05) is 5.92 Å². The summed E-state index contributed by atoms with van der Waals surface area (Å²) in [5.41, 5.74) is -7.25. The first-order valence-electron chi connectivity index (χ1n) is 12.8. The average molecular weight is 501 g/mol. The average Bonchev–Trinajstić information content (AvgIpc) is 2.85. The molecule has 2 rings (SSSR count). The molecule has 36 heavy (non-hydrogen) atoms. The molecule has 0 saturated heterocycles. The lowest BCUT2D eigenvalue weighted by molar-refractivity contribution is -0.167. The Bertz CT molecular complexity index is 1040. The summed E-state index contributed by atoms with van der Waals surface area (Å²) in [4.78, 5) is 56.7. The van der Waals surface area contributed by atoms with Crippen molar-refractivity contribution in [3.8, 4) is 0 Å². The van der Waals surface area contributed by atoms with E-state index in [9.17, 15) is 29.4 Å². The summed E-state index contributed by atoms with van der Waals surface area (Å²) in [5, 5.41) is 22.4. The number of hydrogen-bond acceptors (Lipinski definition) is 6. The van der Waals surface area contributed by atoms with Crippen LogP contribution in [0.5, 0.6) is 0 Å². The third kappa shape index (κ3) is 4.30. The fraction of sp³-hybridized carbons (Fsp3) is 0.667. The highest BCUT2D eigenvalue weighted by atomic mass is 16.3. The predicted octanol–water partition coefficient (Wildman–Crippen LogP) is 4.72. The van der Waals surface area contributed by atoms with Crippen LogP contribution in [0.25, 0.3) is 0 Å². The van der Waals surface area contributed by atoms with Gasteiger partial charge in [-0.15, -0.1) is 0 Å². The third-order valence-corrected chi connectivity index (χ3v) is 8.28. The molecule has 2 N–H and O–H groups in total. The molecule has 0 aliphatic heterocycles. The lowest BCUT2D eigenvalue weighted by Crippen LogP contribution is -2.61. The highest BCUT2D eigenvalue weighted by Crippen LogP contribution is 2.69. The van der Waals surface area contributed by atoms with Gasteiger partial charge in [-0.2, -0.15) is 0 Å². The molecule has 2 saturated carbocycles. The maximum atomic E-state index is 14.5. The molecule has 0 aromatic carbocycles. The number of carbonyl (C=O) groups is 4. The van der Waals surface area contributed by atoms with Crippen LogP contribution in [0.1, 0.15) is 88.5 Å². The number of Topliss-reactive ketones (excluding diaryl/α,β-unsaturated/α-hetero) is 3. The Kier molecular flexibility index (Phi) is 8.02. The van der Waals surface area contributed by atoms with Gasteiger partial charge in [0.05, 0.1) is 11.0 Å². The first kappa shape index (κ1) is 30.0. The standard InChI is InChI=1S/C30H44O6/c1-18(2)11-12-21-17-28(16-13-19(3)4)24(33)29(27(21,9)10,23(32)20(5)6)25(34)30(28,36)22(31)14-15-26(7,8)35/h11,13-15,20-21,35-36H,12,16-17H2,1-10H3/b15-14-/t21-,28+,29+,30+/m1/s1. The number of ketones is 4. The van der Waals surface area contributed by atoms with Crippen LogP contribution in [-0.4, -0.2) is 44.5 Å². The number of fused-ring (bicyclic) bond motifs is 2. The summed E-state index contributed by atoms with van der Waals surface area (Å²) in [6.45, 7) is 17.3. The minimum atomic E-state index is -2.72. The molecular weight excluding hydrogens is 456 g/mol.